The van der Waals surface area contributed by atoms with Crippen LogP contribution in [0.2, 0.25) is 0 Å². The van der Waals surface area contributed by atoms with Gasteiger partial charge in [-0.05, 0) is 13.0 Å². The SMILES string of the molecule is CCN1C(=O)[C@@H](N)[C@@H]1c1ccccc1F. The Morgan fingerprint density at radius 3 is 2.73 bits per heavy atom. The summed E-state index contributed by atoms with van der Waals surface area (Å²) >= 11 is 0. The van der Waals surface area contributed by atoms with Gasteiger partial charge in [0.15, 0.2) is 0 Å². The molecule has 1 amide bonds. The molecule has 1 fully saturated rings. The largest absolute Gasteiger partial charge is 0.332 e. The van der Waals surface area contributed by atoms with Crippen LogP contribution in [0.3, 0.4) is 0 Å². The van der Waals surface area contributed by atoms with Crippen molar-refractivity contribution in [2.24, 2.45) is 5.73 Å². The summed E-state index contributed by atoms with van der Waals surface area (Å²) < 4.78 is 13.5. The number of amides is 1. The lowest BCUT2D eigenvalue weighted by atomic mass is 9.89. The molecule has 0 spiro atoms. The third kappa shape index (κ3) is 1.41. The summed E-state index contributed by atoms with van der Waals surface area (Å²) in [5, 5.41) is 0. The fraction of sp³-hybridized carbons (Fsp3) is 0.364. The second-order valence-electron chi connectivity index (χ2n) is 3.62. The minimum atomic E-state index is -0.596. The maximum absolute atomic E-state index is 13.5. The molecule has 80 valence electrons. The van der Waals surface area contributed by atoms with Crippen molar-refractivity contribution in [2.45, 2.75) is 19.0 Å². The van der Waals surface area contributed by atoms with Crippen LogP contribution in [-0.4, -0.2) is 23.4 Å². The molecule has 1 aromatic carbocycles. The number of carbonyl (C=O) groups is 1. The van der Waals surface area contributed by atoms with E-state index in [1.807, 2.05) is 6.92 Å². The molecule has 2 rings (SSSR count). The molecule has 1 saturated heterocycles. The molecule has 2 N–H and O–H groups in total. The molecule has 0 saturated carbocycles. The molecule has 1 heterocycles. The monoisotopic (exact) mass is 208 g/mol. The lowest BCUT2D eigenvalue weighted by Crippen LogP contribution is -2.62. The van der Waals surface area contributed by atoms with Crippen LogP contribution >= 0.6 is 0 Å². The maximum atomic E-state index is 13.5. The molecule has 0 radical (unpaired) electrons. The zero-order chi connectivity index (χ0) is 11.0. The summed E-state index contributed by atoms with van der Waals surface area (Å²) in [7, 11) is 0. The Labute approximate surface area is 87.7 Å². The van der Waals surface area contributed by atoms with Crippen LogP contribution in [0.15, 0.2) is 24.3 Å². The summed E-state index contributed by atoms with van der Waals surface area (Å²) in [6, 6.07) is 5.54. The van der Waals surface area contributed by atoms with Gasteiger partial charge in [0.25, 0.3) is 0 Å². The Hall–Kier alpha value is -1.42. The number of carbonyl (C=O) groups excluding carboxylic acids is 1. The van der Waals surface area contributed by atoms with E-state index in [2.05, 4.69) is 0 Å². The van der Waals surface area contributed by atoms with Gasteiger partial charge >= 0.3 is 0 Å². The van der Waals surface area contributed by atoms with Crippen LogP contribution in [0.25, 0.3) is 0 Å². The number of halogens is 1. The maximum Gasteiger partial charge on any atom is 0.242 e. The Balaban J connectivity index is 2.32. The first-order valence-corrected chi connectivity index (χ1v) is 4.97. The first kappa shape index (κ1) is 10.1. The van der Waals surface area contributed by atoms with Crippen LogP contribution in [0.4, 0.5) is 4.39 Å². The van der Waals surface area contributed by atoms with Gasteiger partial charge in [0, 0.05) is 12.1 Å². The fourth-order valence-corrected chi connectivity index (χ4v) is 2.00. The average molecular weight is 208 g/mol. The van der Waals surface area contributed by atoms with Crippen molar-refractivity contribution >= 4 is 5.91 Å². The number of benzene rings is 1. The van der Waals surface area contributed by atoms with Crippen molar-refractivity contribution in [1.29, 1.82) is 0 Å². The number of hydrogen-bond acceptors (Lipinski definition) is 2. The number of hydrogen-bond donors (Lipinski definition) is 1. The summed E-state index contributed by atoms with van der Waals surface area (Å²) in [5.74, 6) is -0.408. The summed E-state index contributed by atoms with van der Waals surface area (Å²) in [6.07, 6.45) is 0. The fourth-order valence-electron chi connectivity index (χ4n) is 2.00. The Morgan fingerprint density at radius 1 is 1.47 bits per heavy atom. The Morgan fingerprint density at radius 2 is 2.13 bits per heavy atom. The number of likely N-dealkylation sites (tertiary alicyclic amines) is 1. The van der Waals surface area contributed by atoms with Gasteiger partial charge in [-0.3, -0.25) is 4.79 Å². The molecular weight excluding hydrogens is 195 g/mol. The van der Waals surface area contributed by atoms with E-state index >= 15 is 0 Å². The highest BCUT2D eigenvalue weighted by atomic mass is 19.1. The highest BCUT2D eigenvalue weighted by molar-refractivity contribution is 5.89. The van der Waals surface area contributed by atoms with Crippen LogP contribution < -0.4 is 5.73 Å². The third-order valence-corrected chi connectivity index (χ3v) is 2.81. The molecule has 3 nitrogen and oxygen atoms in total. The second-order valence-corrected chi connectivity index (χ2v) is 3.62. The van der Waals surface area contributed by atoms with Crippen molar-refractivity contribution in [2.75, 3.05) is 6.54 Å². The standard InChI is InChI=1S/C11H13FN2O/c1-2-14-10(9(13)11(14)15)7-5-3-4-6-8(7)12/h3-6,9-10H,2,13H2,1H3/t9-,10-/m0/s1. The molecule has 0 unspecified atom stereocenters. The Bertz CT molecular complexity index is 394. The quantitative estimate of drug-likeness (QED) is 0.738. The van der Waals surface area contributed by atoms with Crippen LogP contribution in [0.1, 0.15) is 18.5 Å². The zero-order valence-electron chi connectivity index (χ0n) is 8.48. The number of β-lactam (4-membered cyclic amide) rings is 1. The van der Waals surface area contributed by atoms with Crippen molar-refractivity contribution < 1.29 is 9.18 Å². The lowest BCUT2D eigenvalue weighted by molar-refractivity contribution is -0.149. The smallest absolute Gasteiger partial charge is 0.242 e. The Kier molecular flexibility index (Phi) is 2.44. The van der Waals surface area contributed by atoms with E-state index in [0.717, 1.165) is 0 Å². The summed E-state index contributed by atoms with van der Waals surface area (Å²) in [6.45, 7) is 2.42. The third-order valence-electron chi connectivity index (χ3n) is 2.81. The molecule has 1 aliphatic heterocycles. The van der Waals surface area contributed by atoms with Crippen molar-refractivity contribution in [3.8, 4) is 0 Å². The van der Waals surface area contributed by atoms with E-state index < -0.39 is 6.04 Å². The molecule has 1 aliphatic rings. The van der Waals surface area contributed by atoms with Gasteiger partial charge in [-0.1, -0.05) is 18.2 Å². The molecule has 4 heteroatoms. The van der Waals surface area contributed by atoms with Gasteiger partial charge in [0.2, 0.25) is 5.91 Å². The number of rotatable bonds is 2. The summed E-state index contributed by atoms with van der Waals surface area (Å²) in [4.78, 5) is 13.0. The number of nitrogens with two attached hydrogens (primary N) is 1. The minimum absolute atomic E-state index is 0.106. The van der Waals surface area contributed by atoms with Gasteiger partial charge in [0.1, 0.15) is 11.9 Å². The average Bonchev–Trinajstić information content (AvgIpc) is 2.26. The molecule has 2 atom stereocenters. The lowest BCUT2D eigenvalue weighted by Gasteiger charge is -2.45. The highest BCUT2D eigenvalue weighted by Gasteiger charge is 2.45. The van der Waals surface area contributed by atoms with E-state index in [0.29, 0.717) is 12.1 Å². The van der Waals surface area contributed by atoms with E-state index in [4.69, 9.17) is 5.73 Å². The molecule has 0 aromatic heterocycles. The zero-order valence-corrected chi connectivity index (χ0v) is 8.48. The van der Waals surface area contributed by atoms with E-state index in [1.54, 1.807) is 23.1 Å². The van der Waals surface area contributed by atoms with E-state index in [1.165, 1.54) is 6.07 Å². The second kappa shape index (κ2) is 3.62. The first-order valence-electron chi connectivity index (χ1n) is 4.97. The van der Waals surface area contributed by atoms with Crippen molar-refractivity contribution in [3.63, 3.8) is 0 Å². The van der Waals surface area contributed by atoms with Gasteiger partial charge in [0.05, 0.1) is 6.04 Å². The van der Waals surface area contributed by atoms with Gasteiger partial charge < -0.3 is 10.6 Å². The molecular formula is C11H13FN2O. The van der Waals surface area contributed by atoms with Crippen molar-refractivity contribution in [1.82, 2.24) is 4.90 Å². The predicted octanol–water partition coefficient (Wildman–Crippen LogP) is 1.06. The molecule has 0 aliphatic carbocycles. The predicted molar refractivity (Wildman–Crippen MR) is 54.5 cm³/mol. The van der Waals surface area contributed by atoms with Gasteiger partial charge in [-0.2, -0.15) is 0 Å². The van der Waals surface area contributed by atoms with E-state index in [-0.39, 0.29) is 17.8 Å². The molecule has 1 aromatic rings. The first-order chi connectivity index (χ1) is 7.16. The van der Waals surface area contributed by atoms with Crippen LogP contribution in [-0.2, 0) is 4.79 Å². The normalized spacial score (nSPS) is 25.3. The number of nitrogens with zero attached hydrogens (tertiary/aromatic N) is 1. The summed E-state index contributed by atoms with van der Waals surface area (Å²) in [5.41, 5.74) is 6.18. The molecule has 0 bridgehead atoms. The van der Waals surface area contributed by atoms with E-state index in [9.17, 15) is 9.18 Å². The topological polar surface area (TPSA) is 46.3 Å². The molecule has 15 heavy (non-hydrogen) atoms. The highest BCUT2D eigenvalue weighted by Crippen LogP contribution is 2.34. The van der Waals surface area contributed by atoms with Crippen LogP contribution in [0.5, 0.6) is 0 Å². The van der Waals surface area contributed by atoms with Gasteiger partial charge in [-0.15, -0.1) is 0 Å². The van der Waals surface area contributed by atoms with Crippen LogP contribution in [0, 0.1) is 5.82 Å². The van der Waals surface area contributed by atoms with Gasteiger partial charge in [-0.25, -0.2) is 4.39 Å². The van der Waals surface area contributed by atoms with Crippen molar-refractivity contribution in [3.05, 3.63) is 35.6 Å². The number of likely N-dealkylation sites (N-methyl/N-ethyl adjacent to an activating group) is 1. The minimum Gasteiger partial charge on any atom is -0.332 e.